The van der Waals surface area contributed by atoms with Crippen LogP contribution in [-0.4, -0.2) is 25.0 Å². The normalized spacial score (nSPS) is 20.8. The number of halogens is 1. The highest BCUT2D eigenvalue weighted by molar-refractivity contribution is 6.31. The van der Waals surface area contributed by atoms with Gasteiger partial charge in [-0.2, -0.15) is 0 Å². The van der Waals surface area contributed by atoms with Crippen LogP contribution < -0.4 is 15.0 Å². The summed E-state index contributed by atoms with van der Waals surface area (Å²) >= 11 is 6.19. The standard InChI is InChI=1S/C26H23ClN2O3/c27-22-12-6-4-8-18(22)15-28-24(30)16-29-23-13-7-5-11-20(23)21-14-26(21,25(29)31)17-32-19-9-2-1-3-10-19/h1-13,21H,14-17H2,(H,28,30)/t21-,26+/m0/s1. The Hall–Kier alpha value is -3.31. The number of hydrogen-bond donors (Lipinski definition) is 1. The molecule has 5 nitrogen and oxygen atoms in total. The van der Waals surface area contributed by atoms with Crippen molar-refractivity contribution in [2.45, 2.75) is 18.9 Å². The lowest BCUT2D eigenvalue weighted by molar-refractivity contribution is -0.128. The van der Waals surface area contributed by atoms with Crippen molar-refractivity contribution in [1.82, 2.24) is 5.32 Å². The van der Waals surface area contributed by atoms with Gasteiger partial charge in [-0.25, -0.2) is 0 Å². The Morgan fingerprint density at radius 1 is 1.03 bits per heavy atom. The van der Waals surface area contributed by atoms with E-state index in [1.807, 2.05) is 72.8 Å². The van der Waals surface area contributed by atoms with Gasteiger partial charge >= 0.3 is 0 Å². The summed E-state index contributed by atoms with van der Waals surface area (Å²) in [4.78, 5) is 28.0. The number of nitrogens with zero attached hydrogens (tertiary/aromatic N) is 1. The van der Waals surface area contributed by atoms with Crippen LogP contribution >= 0.6 is 11.6 Å². The summed E-state index contributed by atoms with van der Waals surface area (Å²) in [5.74, 6) is 0.580. The molecule has 2 aliphatic rings. The second-order valence-corrected chi connectivity index (χ2v) is 8.74. The van der Waals surface area contributed by atoms with E-state index in [4.69, 9.17) is 16.3 Å². The van der Waals surface area contributed by atoms with Gasteiger partial charge in [0.15, 0.2) is 0 Å². The van der Waals surface area contributed by atoms with Crippen molar-refractivity contribution >= 4 is 29.1 Å². The van der Waals surface area contributed by atoms with Gasteiger partial charge < -0.3 is 15.0 Å². The van der Waals surface area contributed by atoms with Crippen molar-refractivity contribution in [3.63, 3.8) is 0 Å². The van der Waals surface area contributed by atoms with Gasteiger partial charge in [-0.3, -0.25) is 9.59 Å². The van der Waals surface area contributed by atoms with Crippen LogP contribution in [0.25, 0.3) is 0 Å². The molecule has 0 saturated heterocycles. The molecule has 0 aromatic heterocycles. The predicted molar refractivity (Wildman–Crippen MR) is 124 cm³/mol. The van der Waals surface area contributed by atoms with Crippen molar-refractivity contribution in [2.24, 2.45) is 5.41 Å². The van der Waals surface area contributed by atoms with E-state index in [-0.39, 0.29) is 24.3 Å². The average molecular weight is 447 g/mol. The van der Waals surface area contributed by atoms with Crippen molar-refractivity contribution in [3.8, 4) is 5.75 Å². The van der Waals surface area contributed by atoms with Crippen molar-refractivity contribution in [2.75, 3.05) is 18.1 Å². The van der Waals surface area contributed by atoms with Crippen LogP contribution in [0, 0.1) is 5.41 Å². The maximum absolute atomic E-state index is 13.6. The Balaban J connectivity index is 1.33. The van der Waals surface area contributed by atoms with E-state index in [2.05, 4.69) is 5.32 Å². The van der Waals surface area contributed by atoms with Gasteiger partial charge in [0.1, 0.15) is 18.9 Å². The molecule has 2 amide bonds. The van der Waals surface area contributed by atoms with Crippen molar-refractivity contribution in [1.29, 1.82) is 0 Å². The molecule has 6 heteroatoms. The highest BCUT2D eigenvalue weighted by atomic mass is 35.5. The Labute approximate surface area is 192 Å². The van der Waals surface area contributed by atoms with Gasteiger partial charge in [-0.15, -0.1) is 0 Å². The summed E-state index contributed by atoms with van der Waals surface area (Å²) in [5, 5.41) is 3.49. The van der Waals surface area contributed by atoms with E-state index in [9.17, 15) is 9.59 Å². The zero-order chi connectivity index (χ0) is 22.1. The summed E-state index contributed by atoms with van der Waals surface area (Å²) in [5.41, 5.74) is 2.13. The highest BCUT2D eigenvalue weighted by Crippen LogP contribution is 2.65. The second kappa shape index (κ2) is 8.32. The molecule has 1 N–H and O–H groups in total. The molecule has 0 spiro atoms. The lowest BCUT2D eigenvalue weighted by Crippen LogP contribution is -2.48. The van der Waals surface area contributed by atoms with Crippen molar-refractivity contribution in [3.05, 3.63) is 95.0 Å². The summed E-state index contributed by atoms with van der Waals surface area (Å²) in [6, 6.07) is 24.7. The largest absolute Gasteiger partial charge is 0.492 e. The minimum Gasteiger partial charge on any atom is -0.492 e. The predicted octanol–water partition coefficient (Wildman–Crippen LogP) is 4.56. The molecule has 0 bridgehead atoms. The number of carbonyl (C=O) groups excluding carboxylic acids is 2. The van der Waals surface area contributed by atoms with Crippen LogP contribution in [-0.2, 0) is 16.1 Å². The Morgan fingerprint density at radius 2 is 1.75 bits per heavy atom. The molecular formula is C26H23ClN2O3. The fraction of sp³-hybridized carbons (Fsp3) is 0.231. The SMILES string of the molecule is O=C(CN1C(=O)[C@@]2(COc3ccccc3)C[C@H]2c2ccccc21)NCc1ccccc1Cl. The zero-order valence-corrected chi connectivity index (χ0v) is 18.2. The summed E-state index contributed by atoms with van der Waals surface area (Å²) in [7, 11) is 0. The number of hydrogen-bond acceptors (Lipinski definition) is 3. The molecule has 5 rings (SSSR count). The lowest BCUT2D eigenvalue weighted by atomic mass is 9.92. The molecule has 3 aromatic carbocycles. The van der Waals surface area contributed by atoms with Crippen LogP contribution in [0.1, 0.15) is 23.5 Å². The number of ether oxygens (including phenoxy) is 1. The lowest BCUT2D eigenvalue weighted by Gasteiger charge is -2.33. The third kappa shape index (κ3) is 3.73. The van der Waals surface area contributed by atoms with Crippen molar-refractivity contribution < 1.29 is 14.3 Å². The first-order valence-electron chi connectivity index (χ1n) is 10.7. The van der Waals surface area contributed by atoms with Gasteiger partial charge in [0.05, 0.1) is 5.41 Å². The first kappa shape index (κ1) is 20.6. The minimum absolute atomic E-state index is 0.0416. The number of anilines is 1. The first-order chi connectivity index (χ1) is 15.6. The van der Waals surface area contributed by atoms with Crippen LogP contribution in [0.3, 0.4) is 0 Å². The van der Waals surface area contributed by atoms with E-state index in [1.54, 1.807) is 11.0 Å². The molecule has 32 heavy (non-hydrogen) atoms. The van der Waals surface area contributed by atoms with Crippen LogP contribution in [0.15, 0.2) is 78.9 Å². The molecule has 1 heterocycles. The molecule has 0 unspecified atom stereocenters. The number of benzene rings is 3. The summed E-state index contributed by atoms with van der Waals surface area (Å²) in [6.07, 6.45) is 0.730. The maximum Gasteiger partial charge on any atom is 0.240 e. The van der Waals surface area contributed by atoms with Gasteiger partial charge in [0.25, 0.3) is 0 Å². The number of fused-ring (bicyclic) bond motifs is 3. The molecule has 1 fully saturated rings. The van der Waals surface area contributed by atoms with Gasteiger partial charge in [0, 0.05) is 23.2 Å². The molecule has 0 radical (unpaired) electrons. The number of rotatable bonds is 7. The Morgan fingerprint density at radius 3 is 2.56 bits per heavy atom. The highest BCUT2D eigenvalue weighted by Gasteiger charge is 2.66. The molecule has 1 aliphatic heterocycles. The topological polar surface area (TPSA) is 58.6 Å². The second-order valence-electron chi connectivity index (χ2n) is 8.33. The summed E-state index contributed by atoms with van der Waals surface area (Å²) < 4.78 is 5.98. The average Bonchev–Trinajstić information content (AvgIpc) is 3.57. The van der Waals surface area contributed by atoms with E-state index >= 15 is 0 Å². The first-order valence-corrected chi connectivity index (χ1v) is 11.1. The van der Waals surface area contributed by atoms with E-state index in [0.717, 1.165) is 29.0 Å². The number of carbonyl (C=O) groups is 2. The summed E-state index contributed by atoms with van der Waals surface area (Å²) in [6.45, 7) is 0.569. The van der Waals surface area contributed by atoms with Gasteiger partial charge in [-0.1, -0.05) is 66.2 Å². The van der Waals surface area contributed by atoms with Gasteiger partial charge in [0.2, 0.25) is 11.8 Å². The maximum atomic E-state index is 13.6. The van der Waals surface area contributed by atoms with E-state index < -0.39 is 5.41 Å². The number of nitrogens with one attached hydrogen (secondary N) is 1. The third-order valence-electron chi connectivity index (χ3n) is 6.32. The van der Waals surface area contributed by atoms with Gasteiger partial charge in [-0.05, 0) is 41.8 Å². The quantitative estimate of drug-likeness (QED) is 0.579. The fourth-order valence-corrected chi connectivity index (χ4v) is 4.70. The van der Waals surface area contributed by atoms with E-state index in [1.165, 1.54) is 0 Å². The van der Waals surface area contributed by atoms with Crippen LogP contribution in [0.2, 0.25) is 5.02 Å². The molecule has 3 aromatic rings. The fourth-order valence-electron chi connectivity index (χ4n) is 4.50. The zero-order valence-electron chi connectivity index (χ0n) is 17.5. The smallest absolute Gasteiger partial charge is 0.240 e. The number of para-hydroxylation sites is 2. The monoisotopic (exact) mass is 446 g/mol. The third-order valence-corrected chi connectivity index (χ3v) is 6.69. The molecule has 2 atom stereocenters. The minimum atomic E-state index is -0.618. The van der Waals surface area contributed by atoms with Crippen LogP contribution in [0.4, 0.5) is 5.69 Å². The van der Waals surface area contributed by atoms with E-state index in [0.29, 0.717) is 18.2 Å². The molecular weight excluding hydrogens is 424 g/mol. The Bertz CT molecular complexity index is 1170. The molecule has 1 saturated carbocycles. The molecule has 1 aliphatic carbocycles. The number of amides is 2. The molecule has 162 valence electrons. The Kier molecular flexibility index (Phi) is 5.35. The van der Waals surface area contributed by atoms with Crippen LogP contribution in [0.5, 0.6) is 5.75 Å².